The molecule has 1 saturated carbocycles. The lowest BCUT2D eigenvalue weighted by Gasteiger charge is -2.32. The Kier molecular flexibility index (Phi) is 5.31. The average Bonchev–Trinajstić information content (AvgIpc) is 2.98. The van der Waals surface area contributed by atoms with Crippen molar-refractivity contribution in [1.29, 1.82) is 0 Å². The summed E-state index contributed by atoms with van der Waals surface area (Å²) < 4.78 is 0. The molecule has 2 N–H and O–H groups in total. The van der Waals surface area contributed by atoms with Gasteiger partial charge in [-0.05, 0) is 24.3 Å². The van der Waals surface area contributed by atoms with E-state index in [1.54, 1.807) is 6.07 Å². The van der Waals surface area contributed by atoms with Crippen molar-refractivity contribution in [2.45, 2.75) is 50.5 Å². The van der Waals surface area contributed by atoms with Crippen LogP contribution in [0.2, 0.25) is 0 Å². The van der Waals surface area contributed by atoms with E-state index in [1.807, 2.05) is 11.4 Å². The molecule has 1 aliphatic carbocycles. The molecule has 1 amide bonds. The number of Topliss-reactive ketones (excluding diaryl/α,β-unsaturated/α-hetero) is 1. The van der Waals surface area contributed by atoms with Gasteiger partial charge >= 0.3 is 0 Å². The molecule has 1 heterocycles. The normalized spacial score (nSPS) is 17.6. The highest BCUT2D eigenvalue weighted by Gasteiger charge is 2.29. The molecule has 2 rings (SSSR count). The summed E-state index contributed by atoms with van der Waals surface area (Å²) in [6, 6.07) is 3.60. The van der Waals surface area contributed by atoms with Crippen LogP contribution in [-0.4, -0.2) is 28.9 Å². The Bertz CT molecular complexity index is 450. The van der Waals surface area contributed by atoms with Gasteiger partial charge in [-0.25, -0.2) is 0 Å². The molecule has 0 saturated heterocycles. The second-order valence-electron chi connectivity index (χ2n) is 5.46. The Morgan fingerprint density at radius 2 is 2.00 bits per heavy atom. The second kappa shape index (κ2) is 6.99. The fourth-order valence-electron chi connectivity index (χ4n) is 2.53. The van der Waals surface area contributed by atoms with Crippen molar-refractivity contribution in [2.75, 3.05) is 6.54 Å². The molecule has 0 aromatic carbocycles. The van der Waals surface area contributed by atoms with E-state index in [9.17, 15) is 14.7 Å². The van der Waals surface area contributed by atoms with Crippen LogP contribution in [-0.2, 0) is 4.79 Å². The number of thiophene rings is 1. The maximum Gasteiger partial charge on any atom is 0.220 e. The monoisotopic (exact) mass is 295 g/mol. The molecule has 0 spiro atoms. The smallest absolute Gasteiger partial charge is 0.220 e. The molecule has 4 nitrogen and oxygen atoms in total. The number of amides is 1. The molecule has 110 valence electrons. The van der Waals surface area contributed by atoms with Gasteiger partial charge in [0.1, 0.15) is 0 Å². The lowest BCUT2D eigenvalue weighted by Crippen LogP contribution is -2.44. The standard InChI is InChI=1S/C15H21NO3S/c17-12(13-5-4-10-20-13)6-7-14(18)16-11-15(19)8-2-1-3-9-15/h4-5,10,19H,1-3,6-9,11H2,(H,16,18). The van der Waals surface area contributed by atoms with E-state index in [1.165, 1.54) is 11.3 Å². The SMILES string of the molecule is O=C(CCC(=O)c1cccs1)NCC1(O)CCCCC1. The third kappa shape index (κ3) is 4.42. The van der Waals surface area contributed by atoms with E-state index in [0.29, 0.717) is 11.4 Å². The summed E-state index contributed by atoms with van der Waals surface area (Å²) in [6.07, 6.45) is 5.11. The number of hydrogen-bond acceptors (Lipinski definition) is 4. The highest BCUT2D eigenvalue weighted by Crippen LogP contribution is 2.27. The summed E-state index contributed by atoms with van der Waals surface area (Å²) in [7, 11) is 0. The third-order valence-electron chi connectivity index (χ3n) is 3.77. The molecule has 0 unspecified atom stereocenters. The van der Waals surface area contributed by atoms with Gasteiger partial charge in [-0.3, -0.25) is 9.59 Å². The molecule has 20 heavy (non-hydrogen) atoms. The molecular weight excluding hydrogens is 274 g/mol. The van der Waals surface area contributed by atoms with Gasteiger partial charge in [0.15, 0.2) is 5.78 Å². The molecule has 0 atom stereocenters. The molecule has 5 heteroatoms. The topological polar surface area (TPSA) is 66.4 Å². The van der Waals surface area contributed by atoms with Gasteiger partial charge in [0.25, 0.3) is 0 Å². The third-order valence-corrected chi connectivity index (χ3v) is 4.68. The van der Waals surface area contributed by atoms with Crippen molar-refractivity contribution in [1.82, 2.24) is 5.32 Å². The number of carbonyl (C=O) groups excluding carboxylic acids is 2. The van der Waals surface area contributed by atoms with Crippen LogP contribution in [0.3, 0.4) is 0 Å². The van der Waals surface area contributed by atoms with Gasteiger partial charge in [0.05, 0.1) is 10.5 Å². The van der Waals surface area contributed by atoms with Crippen molar-refractivity contribution in [3.8, 4) is 0 Å². The summed E-state index contributed by atoms with van der Waals surface area (Å²) in [5, 5.41) is 14.9. The van der Waals surface area contributed by atoms with E-state index in [4.69, 9.17) is 0 Å². The molecule has 1 aliphatic rings. The van der Waals surface area contributed by atoms with Gasteiger partial charge < -0.3 is 10.4 Å². The second-order valence-corrected chi connectivity index (χ2v) is 6.41. The van der Waals surface area contributed by atoms with E-state index < -0.39 is 5.60 Å². The van der Waals surface area contributed by atoms with Crippen molar-refractivity contribution in [3.05, 3.63) is 22.4 Å². The van der Waals surface area contributed by atoms with E-state index in [-0.39, 0.29) is 24.5 Å². The summed E-state index contributed by atoms with van der Waals surface area (Å²) in [4.78, 5) is 24.2. The molecule has 1 fully saturated rings. The first-order valence-electron chi connectivity index (χ1n) is 7.15. The molecule has 0 radical (unpaired) electrons. The van der Waals surface area contributed by atoms with Crippen LogP contribution in [0.15, 0.2) is 17.5 Å². The fourth-order valence-corrected chi connectivity index (χ4v) is 3.22. The highest BCUT2D eigenvalue weighted by atomic mass is 32.1. The number of nitrogens with one attached hydrogen (secondary N) is 1. The largest absolute Gasteiger partial charge is 0.388 e. The number of hydrogen-bond donors (Lipinski definition) is 2. The van der Waals surface area contributed by atoms with Crippen LogP contribution in [0, 0.1) is 0 Å². The lowest BCUT2D eigenvalue weighted by molar-refractivity contribution is -0.122. The highest BCUT2D eigenvalue weighted by molar-refractivity contribution is 7.12. The zero-order valence-electron chi connectivity index (χ0n) is 11.6. The minimum atomic E-state index is -0.744. The minimum Gasteiger partial charge on any atom is -0.388 e. The zero-order chi connectivity index (χ0) is 14.4. The van der Waals surface area contributed by atoms with Crippen LogP contribution in [0.1, 0.15) is 54.6 Å². The Morgan fingerprint density at radius 3 is 2.65 bits per heavy atom. The van der Waals surface area contributed by atoms with E-state index >= 15 is 0 Å². The summed E-state index contributed by atoms with van der Waals surface area (Å²) in [5.41, 5.74) is -0.744. The first-order valence-corrected chi connectivity index (χ1v) is 8.03. The minimum absolute atomic E-state index is 0.00604. The molecular formula is C15H21NO3S. The first kappa shape index (κ1) is 15.2. The van der Waals surface area contributed by atoms with Crippen LogP contribution in [0.25, 0.3) is 0 Å². The van der Waals surface area contributed by atoms with Gasteiger partial charge in [0.2, 0.25) is 5.91 Å². The Morgan fingerprint density at radius 1 is 1.25 bits per heavy atom. The van der Waals surface area contributed by atoms with Gasteiger partial charge in [-0.1, -0.05) is 25.3 Å². The Labute approximate surface area is 123 Å². The summed E-state index contributed by atoms with van der Waals surface area (Å²) >= 11 is 1.40. The maximum absolute atomic E-state index is 11.8. The van der Waals surface area contributed by atoms with Crippen LogP contribution >= 0.6 is 11.3 Å². The van der Waals surface area contributed by atoms with Crippen molar-refractivity contribution in [2.24, 2.45) is 0 Å². The van der Waals surface area contributed by atoms with Crippen molar-refractivity contribution in [3.63, 3.8) is 0 Å². The van der Waals surface area contributed by atoms with Crippen LogP contribution < -0.4 is 5.32 Å². The molecule has 1 aromatic heterocycles. The van der Waals surface area contributed by atoms with E-state index in [0.717, 1.165) is 32.1 Å². The average molecular weight is 295 g/mol. The van der Waals surface area contributed by atoms with Crippen molar-refractivity contribution < 1.29 is 14.7 Å². The predicted octanol–water partition coefficient (Wildman–Crippen LogP) is 2.52. The Balaban J connectivity index is 1.69. The van der Waals surface area contributed by atoms with Gasteiger partial charge in [0, 0.05) is 19.4 Å². The molecule has 1 aromatic rings. The van der Waals surface area contributed by atoms with E-state index in [2.05, 4.69) is 5.32 Å². The number of carbonyl (C=O) groups is 2. The van der Waals surface area contributed by atoms with Crippen molar-refractivity contribution >= 4 is 23.0 Å². The number of ketones is 1. The Hall–Kier alpha value is -1.20. The zero-order valence-corrected chi connectivity index (χ0v) is 12.4. The lowest BCUT2D eigenvalue weighted by atomic mass is 9.85. The van der Waals surface area contributed by atoms with Gasteiger partial charge in [-0.15, -0.1) is 11.3 Å². The molecule has 0 aliphatic heterocycles. The quantitative estimate of drug-likeness (QED) is 0.793. The molecule has 0 bridgehead atoms. The first-order chi connectivity index (χ1) is 9.59. The van der Waals surface area contributed by atoms with Crippen LogP contribution in [0.4, 0.5) is 0 Å². The predicted molar refractivity (Wildman–Crippen MR) is 78.9 cm³/mol. The maximum atomic E-state index is 11.8. The fraction of sp³-hybridized carbons (Fsp3) is 0.600. The number of rotatable bonds is 6. The number of aliphatic hydroxyl groups is 1. The summed E-state index contributed by atoms with van der Waals surface area (Å²) in [5.74, 6) is -0.152. The van der Waals surface area contributed by atoms with Gasteiger partial charge in [-0.2, -0.15) is 0 Å². The van der Waals surface area contributed by atoms with Crippen LogP contribution in [0.5, 0.6) is 0 Å². The summed E-state index contributed by atoms with van der Waals surface area (Å²) in [6.45, 7) is 0.305.